The Bertz CT molecular complexity index is 612. The number of nitrogens with two attached hydrogens (primary N) is 1. The van der Waals surface area contributed by atoms with Gasteiger partial charge in [-0.15, -0.1) is 0 Å². The van der Waals surface area contributed by atoms with Gasteiger partial charge in [0.15, 0.2) is 0 Å². The highest BCUT2D eigenvalue weighted by Gasteiger charge is 2.09. The number of amides is 1. The van der Waals surface area contributed by atoms with E-state index in [1.807, 2.05) is 12.1 Å². The Morgan fingerprint density at radius 2 is 1.90 bits per heavy atom. The van der Waals surface area contributed by atoms with Crippen LogP contribution in [0.3, 0.4) is 0 Å². The van der Waals surface area contributed by atoms with Gasteiger partial charge in [0, 0.05) is 10.0 Å². The predicted molar refractivity (Wildman–Crippen MR) is 83.0 cm³/mol. The summed E-state index contributed by atoms with van der Waals surface area (Å²) in [5, 5.41) is 12.4. The standard InChI is InChI=1S/C15H15BrN2O2/c16-12-5-6-14(19)13(9-12)18-15(20)11-3-1-10(2-4-11)7-8-17/h1-6,9,19H,7-8,17H2,(H,18,20). The van der Waals surface area contributed by atoms with Crippen molar-refractivity contribution in [3.63, 3.8) is 0 Å². The first-order valence-electron chi connectivity index (χ1n) is 6.19. The van der Waals surface area contributed by atoms with E-state index in [2.05, 4.69) is 21.2 Å². The molecule has 104 valence electrons. The molecule has 0 atom stereocenters. The van der Waals surface area contributed by atoms with Gasteiger partial charge in [-0.2, -0.15) is 0 Å². The minimum absolute atomic E-state index is 0.0290. The highest BCUT2D eigenvalue weighted by Crippen LogP contribution is 2.27. The third kappa shape index (κ3) is 3.59. The molecule has 0 spiro atoms. The zero-order valence-corrected chi connectivity index (χ0v) is 12.4. The zero-order valence-electron chi connectivity index (χ0n) is 10.8. The number of hydrogen-bond acceptors (Lipinski definition) is 3. The van der Waals surface area contributed by atoms with Crippen molar-refractivity contribution >= 4 is 27.5 Å². The Kier molecular flexibility index (Phi) is 4.76. The molecule has 4 N–H and O–H groups in total. The van der Waals surface area contributed by atoms with Crippen molar-refractivity contribution in [1.82, 2.24) is 0 Å². The molecule has 4 nitrogen and oxygen atoms in total. The second-order valence-corrected chi connectivity index (χ2v) is 5.27. The number of anilines is 1. The van der Waals surface area contributed by atoms with Crippen LogP contribution < -0.4 is 11.1 Å². The van der Waals surface area contributed by atoms with Crippen molar-refractivity contribution in [2.45, 2.75) is 6.42 Å². The maximum absolute atomic E-state index is 12.1. The summed E-state index contributed by atoms with van der Waals surface area (Å²) >= 11 is 3.30. The third-order valence-corrected chi connectivity index (χ3v) is 3.35. The number of aromatic hydroxyl groups is 1. The maximum Gasteiger partial charge on any atom is 0.255 e. The normalized spacial score (nSPS) is 10.3. The minimum atomic E-state index is -0.266. The van der Waals surface area contributed by atoms with E-state index in [4.69, 9.17) is 5.73 Å². The Morgan fingerprint density at radius 3 is 2.55 bits per heavy atom. The first-order valence-corrected chi connectivity index (χ1v) is 6.98. The quantitative estimate of drug-likeness (QED) is 0.752. The van der Waals surface area contributed by atoms with E-state index in [1.165, 1.54) is 6.07 Å². The SMILES string of the molecule is NCCc1ccc(C(=O)Nc2cc(Br)ccc2O)cc1. The average Bonchev–Trinajstić information content (AvgIpc) is 2.44. The van der Waals surface area contributed by atoms with Gasteiger partial charge in [0.1, 0.15) is 5.75 Å². The number of hydrogen-bond donors (Lipinski definition) is 3. The average molecular weight is 335 g/mol. The van der Waals surface area contributed by atoms with Gasteiger partial charge in [-0.25, -0.2) is 0 Å². The van der Waals surface area contributed by atoms with Crippen molar-refractivity contribution in [3.05, 3.63) is 58.1 Å². The molecule has 5 heteroatoms. The first-order chi connectivity index (χ1) is 9.60. The molecule has 0 radical (unpaired) electrons. The highest BCUT2D eigenvalue weighted by atomic mass is 79.9. The fourth-order valence-corrected chi connectivity index (χ4v) is 2.15. The summed E-state index contributed by atoms with van der Waals surface area (Å²) in [6.07, 6.45) is 0.786. The van der Waals surface area contributed by atoms with Gasteiger partial charge in [-0.3, -0.25) is 4.79 Å². The number of rotatable bonds is 4. The topological polar surface area (TPSA) is 75.4 Å². The van der Waals surface area contributed by atoms with Crippen LogP contribution in [-0.2, 0) is 6.42 Å². The Hall–Kier alpha value is -1.85. The van der Waals surface area contributed by atoms with Crippen molar-refractivity contribution < 1.29 is 9.90 Å². The van der Waals surface area contributed by atoms with Crippen LogP contribution in [0, 0.1) is 0 Å². The van der Waals surface area contributed by atoms with Gasteiger partial charge in [-0.1, -0.05) is 28.1 Å². The molecular formula is C15H15BrN2O2. The van der Waals surface area contributed by atoms with Crippen LogP contribution in [0.5, 0.6) is 5.75 Å². The summed E-state index contributed by atoms with van der Waals surface area (Å²) in [5.41, 5.74) is 7.48. The largest absolute Gasteiger partial charge is 0.506 e. The second-order valence-electron chi connectivity index (χ2n) is 4.35. The number of halogens is 1. The van der Waals surface area contributed by atoms with Gasteiger partial charge >= 0.3 is 0 Å². The molecule has 0 aliphatic heterocycles. The fourth-order valence-electron chi connectivity index (χ4n) is 1.79. The molecule has 0 unspecified atom stereocenters. The number of carbonyl (C=O) groups excluding carboxylic acids is 1. The fraction of sp³-hybridized carbons (Fsp3) is 0.133. The van der Waals surface area contributed by atoms with Crippen molar-refractivity contribution in [2.24, 2.45) is 5.73 Å². The van der Waals surface area contributed by atoms with E-state index in [-0.39, 0.29) is 11.7 Å². The molecule has 1 amide bonds. The zero-order chi connectivity index (χ0) is 14.5. The van der Waals surface area contributed by atoms with Crippen molar-refractivity contribution in [2.75, 3.05) is 11.9 Å². The summed E-state index contributed by atoms with van der Waals surface area (Å²) in [6.45, 7) is 0.581. The summed E-state index contributed by atoms with van der Waals surface area (Å²) in [4.78, 5) is 12.1. The Labute approximate surface area is 125 Å². The molecule has 0 bridgehead atoms. The van der Waals surface area contributed by atoms with Crippen LogP contribution in [0.25, 0.3) is 0 Å². The molecule has 2 rings (SSSR count). The van der Waals surface area contributed by atoms with E-state index in [9.17, 15) is 9.90 Å². The molecule has 0 aliphatic carbocycles. The lowest BCUT2D eigenvalue weighted by Gasteiger charge is -2.08. The van der Waals surface area contributed by atoms with Crippen LogP contribution in [0.15, 0.2) is 46.9 Å². The van der Waals surface area contributed by atoms with Crippen LogP contribution >= 0.6 is 15.9 Å². The summed E-state index contributed by atoms with van der Waals surface area (Å²) in [7, 11) is 0. The van der Waals surface area contributed by atoms with E-state index in [0.717, 1.165) is 16.5 Å². The molecule has 0 saturated heterocycles. The van der Waals surface area contributed by atoms with E-state index in [0.29, 0.717) is 17.8 Å². The first kappa shape index (κ1) is 14.6. The predicted octanol–water partition coefficient (Wildman–Crippen LogP) is 2.91. The molecule has 0 aliphatic rings. The van der Waals surface area contributed by atoms with Gasteiger partial charge in [0.05, 0.1) is 5.69 Å². The molecule has 0 heterocycles. The highest BCUT2D eigenvalue weighted by molar-refractivity contribution is 9.10. The Morgan fingerprint density at radius 1 is 1.20 bits per heavy atom. The number of nitrogens with one attached hydrogen (secondary N) is 1. The lowest BCUT2D eigenvalue weighted by molar-refractivity contribution is 0.102. The monoisotopic (exact) mass is 334 g/mol. The van der Waals surface area contributed by atoms with E-state index >= 15 is 0 Å². The van der Waals surface area contributed by atoms with E-state index in [1.54, 1.807) is 24.3 Å². The van der Waals surface area contributed by atoms with Crippen molar-refractivity contribution in [1.29, 1.82) is 0 Å². The Balaban J connectivity index is 2.13. The molecule has 0 fully saturated rings. The molecule has 2 aromatic carbocycles. The van der Waals surface area contributed by atoms with Gasteiger partial charge in [0.25, 0.3) is 5.91 Å². The number of carbonyl (C=O) groups is 1. The molecular weight excluding hydrogens is 320 g/mol. The smallest absolute Gasteiger partial charge is 0.255 e. The third-order valence-electron chi connectivity index (χ3n) is 2.86. The molecule has 2 aromatic rings. The molecule has 0 aromatic heterocycles. The number of benzene rings is 2. The summed E-state index contributed by atoms with van der Waals surface area (Å²) in [5.74, 6) is -0.237. The minimum Gasteiger partial charge on any atom is -0.506 e. The van der Waals surface area contributed by atoms with Gasteiger partial charge < -0.3 is 16.2 Å². The van der Waals surface area contributed by atoms with E-state index < -0.39 is 0 Å². The van der Waals surface area contributed by atoms with Crippen LogP contribution in [0.1, 0.15) is 15.9 Å². The summed E-state index contributed by atoms with van der Waals surface area (Å²) < 4.78 is 0.781. The van der Waals surface area contributed by atoms with Gasteiger partial charge in [0.2, 0.25) is 0 Å². The number of phenols is 1. The summed E-state index contributed by atoms with van der Waals surface area (Å²) in [6, 6.07) is 12.1. The van der Waals surface area contributed by atoms with Crippen molar-refractivity contribution in [3.8, 4) is 5.75 Å². The van der Waals surface area contributed by atoms with Crippen LogP contribution in [0.4, 0.5) is 5.69 Å². The molecule has 20 heavy (non-hydrogen) atoms. The lowest BCUT2D eigenvalue weighted by Crippen LogP contribution is -2.12. The number of phenolic OH excluding ortho intramolecular Hbond substituents is 1. The maximum atomic E-state index is 12.1. The second kappa shape index (κ2) is 6.54. The van der Waals surface area contributed by atoms with Gasteiger partial charge in [-0.05, 0) is 48.9 Å². The lowest BCUT2D eigenvalue weighted by atomic mass is 10.1. The van der Waals surface area contributed by atoms with Crippen LogP contribution in [0.2, 0.25) is 0 Å². The van der Waals surface area contributed by atoms with Crippen LogP contribution in [-0.4, -0.2) is 17.6 Å². The molecule has 0 saturated carbocycles.